The number of rotatable bonds is 1. The predicted octanol–water partition coefficient (Wildman–Crippen LogP) is 2.05. The molecule has 2 heterocycles. The third-order valence-electron chi connectivity index (χ3n) is 2.28. The minimum absolute atomic E-state index is 0.0146. The van der Waals surface area contributed by atoms with Crippen LogP contribution in [0.5, 0.6) is 0 Å². The van der Waals surface area contributed by atoms with Crippen LogP contribution in [0.15, 0.2) is 41.5 Å². The van der Waals surface area contributed by atoms with E-state index < -0.39 is 0 Å². The van der Waals surface area contributed by atoms with Gasteiger partial charge in [-0.1, -0.05) is 12.1 Å². The summed E-state index contributed by atoms with van der Waals surface area (Å²) in [5.74, 6) is 0.632. The molecule has 0 unspecified atom stereocenters. The summed E-state index contributed by atoms with van der Waals surface area (Å²) >= 11 is 1.52. The van der Waals surface area contributed by atoms with E-state index in [0.717, 1.165) is 15.0 Å². The molecule has 16 heavy (non-hydrogen) atoms. The van der Waals surface area contributed by atoms with Gasteiger partial charge >= 0.3 is 0 Å². The highest BCUT2D eigenvalue weighted by molar-refractivity contribution is 7.21. The van der Waals surface area contributed by atoms with Crippen LogP contribution in [0.4, 0.5) is 0 Å². The van der Waals surface area contributed by atoms with Crippen LogP contribution in [0.2, 0.25) is 0 Å². The number of aromatic nitrogens is 3. The van der Waals surface area contributed by atoms with Gasteiger partial charge in [-0.15, -0.1) is 11.3 Å². The molecular weight excluding hydrogens is 222 g/mol. The fraction of sp³-hybridized carbons (Fsp3) is 0. The van der Waals surface area contributed by atoms with Gasteiger partial charge in [-0.2, -0.15) is 5.10 Å². The second-order valence-corrected chi connectivity index (χ2v) is 4.39. The van der Waals surface area contributed by atoms with E-state index in [0.29, 0.717) is 5.82 Å². The van der Waals surface area contributed by atoms with Crippen LogP contribution >= 0.6 is 11.3 Å². The minimum atomic E-state index is 0.0146. The van der Waals surface area contributed by atoms with E-state index in [2.05, 4.69) is 15.2 Å². The number of fused-ring (bicyclic) bond motifs is 1. The van der Waals surface area contributed by atoms with Crippen molar-refractivity contribution < 1.29 is 0 Å². The average molecular weight is 229 g/mol. The van der Waals surface area contributed by atoms with Gasteiger partial charge in [0.1, 0.15) is 6.33 Å². The van der Waals surface area contributed by atoms with Crippen LogP contribution in [0, 0.1) is 0 Å². The molecule has 0 spiro atoms. The van der Waals surface area contributed by atoms with Gasteiger partial charge in [-0.3, -0.25) is 9.89 Å². The number of nitrogens with one attached hydrogen (secondary N) is 1. The summed E-state index contributed by atoms with van der Waals surface area (Å²) in [5.41, 5.74) is 0.0146. The molecule has 0 fully saturated rings. The third kappa shape index (κ3) is 1.42. The van der Waals surface area contributed by atoms with Crippen molar-refractivity contribution >= 4 is 21.4 Å². The van der Waals surface area contributed by atoms with E-state index >= 15 is 0 Å². The van der Waals surface area contributed by atoms with Gasteiger partial charge < -0.3 is 0 Å². The Morgan fingerprint density at radius 3 is 2.94 bits per heavy atom. The summed E-state index contributed by atoms with van der Waals surface area (Å²) < 4.78 is 0.960. The Morgan fingerprint density at radius 1 is 1.25 bits per heavy atom. The smallest absolute Gasteiger partial charge is 0.188 e. The van der Waals surface area contributed by atoms with Crippen LogP contribution < -0.4 is 5.43 Å². The predicted molar refractivity (Wildman–Crippen MR) is 63.5 cm³/mol. The highest BCUT2D eigenvalue weighted by Gasteiger charge is 2.06. The molecule has 0 bridgehead atoms. The molecule has 78 valence electrons. The summed E-state index contributed by atoms with van der Waals surface area (Å²) in [6, 6.07) is 9.14. The first-order chi connectivity index (χ1) is 7.84. The van der Waals surface area contributed by atoms with Gasteiger partial charge in [0.05, 0.1) is 4.88 Å². The number of nitrogens with zero attached hydrogens (tertiary/aromatic N) is 2. The second kappa shape index (κ2) is 3.53. The molecule has 0 aliphatic heterocycles. The molecule has 0 amide bonds. The first-order valence-electron chi connectivity index (χ1n) is 4.73. The van der Waals surface area contributed by atoms with E-state index in [-0.39, 0.29) is 5.43 Å². The van der Waals surface area contributed by atoms with Gasteiger partial charge in [0, 0.05) is 16.2 Å². The topological polar surface area (TPSA) is 58.6 Å². The van der Waals surface area contributed by atoms with Crippen molar-refractivity contribution in [3.8, 4) is 10.7 Å². The Kier molecular flexibility index (Phi) is 2.04. The van der Waals surface area contributed by atoms with Gasteiger partial charge in [0.2, 0.25) is 0 Å². The van der Waals surface area contributed by atoms with Crippen molar-refractivity contribution in [2.75, 3.05) is 0 Å². The maximum atomic E-state index is 11.8. The van der Waals surface area contributed by atoms with E-state index in [1.54, 1.807) is 6.07 Å². The van der Waals surface area contributed by atoms with Crippen molar-refractivity contribution in [1.29, 1.82) is 0 Å². The van der Waals surface area contributed by atoms with Crippen molar-refractivity contribution in [1.82, 2.24) is 15.2 Å². The molecular formula is C11H7N3OS. The fourth-order valence-corrected chi connectivity index (χ4v) is 2.57. The average Bonchev–Trinajstić information content (AvgIpc) is 2.82. The SMILES string of the molecule is O=c1cc(-c2ncn[nH]2)sc2ccccc12. The Hall–Kier alpha value is -2.01. The van der Waals surface area contributed by atoms with Crippen LogP contribution in [0.1, 0.15) is 0 Å². The van der Waals surface area contributed by atoms with Crippen molar-refractivity contribution in [3.63, 3.8) is 0 Å². The number of H-pyrrole nitrogens is 1. The highest BCUT2D eigenvalue weighted by Crippen LogP contribution is 2.24. The summed E-state index contributed by atoms with van der Waals surface area (Å²) in [7, 11) is 0. The summed E-state index contributed by atoms with van der Waals surface area (Å²) in [4.78, 5) is 16.7. The monoisotopic (exact) mass is 229 g/mol. The number of hydrogen-bond donors (Lipinski definition) is 1. The molecule has 3 rings (SSSR count). The molecule has 0 aliphatic carbocycles. The van der Waals surface area contributed by atoms with E-state index in [1.807, 2.05) is 24.3 Å². The van der Waals surface area contributed by atoms with E-state index in [1.165, 1.54) is 17.7 Å². The molecule has 2 aromatic heterocycles. The second-order valence-electron chi connectivity index (χ2n) is 3.31. The van der Waals surface area contributed by atoms with Crippen LogP contribution in [0.25, 0.3) is 20.8 Å². The molecule has 0 radical (unpaired) electrons. The Balaban J connectivity index is 2.34. The normalized spacial score (nSPS) is 10.8. The molecule has 1 aromatic carbocycles. The zero-order valence-corrected chi connectivity index (χ0v) is 8.99. The highest BCUT2D eigenvalue weighted by atomic mass is 32.1. The molecule has 5 heteroatoms. The first-order valence-corrected chi connectivity index (χ1v) is 5.55. The summed E-state index contributed by atoms with van der Waals surface area (Å²) in [6.45, 7) is 0. The van der Waals surface area contributed by atoms with Crippen LogP contribution in [-0.2, 0) is 0 Å². The molecule has 4 nitrogen and oxygen atoms in total. The first kappa shape index (κ1) is 9.23. The third-order valence-corrected chi connectivity index (χ3v) is 3.39. The van der Waals surface area contributed by atoms with E-state index in [9.17, 15) is 4.79 Å². The van der Waals surface area contributed by atoms with E-state index in [4.69, 9.17) is 0 Å². The molecule has 0 atom stereocenters. The lowest BCUT2D eigenvalue weighted by atomic mass is 10.2. The largest absolute Gasteiger partial charge is 0.289 e. The maximum absolute atomic E-state index is 11.8. The Morgan fingerprint density at radius 2 is 2.12 bits per heavy atom. The van der Waals surface area contributed by atoms with Crippen molar-refractivity contribution in [2.24, 2.45) is 0 Å². The van der Waals surface area contributed by atoms with Gasteiger partial charge in [0.25, 0.3) is 0 Å². The Bertz CT molecular complexity index is 688. The lowest BCUT2D eigenvalue weighted by Gasteiger charge is -1.98. The molecule has 0 aliphatic rings. The lowest BCUT2D eigenvalue weighted by molar-refractivity contribution is 1.10. The Labute approximate surface area is 94.6 Å². The number of aromatic amines is 1. The van der Waals surface area contributed by atoms with Gasteiger partial charge in [-0.05, 0) is 12.1 Å². The van der Waals surface area contributed by atoms with Gasteiger partial charge in [-0.25, -0.2) is 4.98 Å². The van der Waals surface area contributed by atoms with Gasteiger partial charge in [0.15, 0.2) is 11.3 Å². The molecule has 0 saturated carbocycles. The summed E-state index contributed by atoms with van der Waals surface area (Å²) in [6.07, 6.45) is 1.43. The van der Waals surface area contributed by atoms with Crippen molar-refractivity contribution in [2.45, 2.75) is 0 Å². The van der Waals surface area contributed by atoms with Crippen molar-refractivity contribution in [3.05, 3.63) is 46.9 Å². The quantitative estimate of drug-likeness (QED) is 0.694. The number of hydrogen-bond acceptors (Lipinski definition) is 4. The maximum Gasteiger partial charge on any atom is 0.188 e. The number of benzene rings is 1. The van der Waals surface area contributed by atoms with Crippen LogP contribution in [-0.4, -0.2) is 15.2 Å². The molecule has 0 saturated heterocycles. The zero-order chi connectivity index (χ0) is 11.0. The van der Waals surface area contributed by atoms with Crippen LogP contribution in [0.3, 0.4) is 0 Å². The fourth-order valence-electron chi connectivity index (χ4n) is 1.54. The lowest BCUT2D eigenvalue weighted by Crippen LogP contribution is -1.98. The molecule has 1 N–H and O–H groups in total. The minimum Gasteiger partial charge on any atom is -0.289 e. The molecule has 3 aromatic rings. The standard InChI is InChI=1S/C11H7N3OS/c15-8-5-10(11-12-6-13-14-11)16-9-4-2-1-3-7(8)9/h1-6H,(H,12,13,14). The zero-order valence-electron chi connectivity index (χ0n) is 8.18. The summed E-state index contributed by atoms with van der Waals surface area (Å²) in [5, 5.41) is 7.28.